The Morgan fingerprint density at radius 1 is 1.36 bits per heavy atom. The highest BCUT2D eigenvalue weighted by Crippen LogP contribution is 2.36. The molecule has 0 fully saturated rings. The van der Waals surface area contributed by atoms with Crippen molar-refractivity contribution >= 4 is 22.8 Å². The van der Waals surface area contributed by atoms with E-state index in [0.717, 1.165) is 10.9 Å². The average molecular weight is 304 g/mol. The van der Waals surface area contributed by atoms with Crippen LogP contribution in [0.2, 0.25) is 0 Å². The fourth-order valence-corrected chi connectivity index (χ4v) is 2.40. The number of nitrogens with zero attached hydrogens (tertiary/aromatic N) is 1. The largest absolute Gasteiger partial charge is 0.467 e. The lowest BCUT2D eigenvalue weighted by molar-refractivity contribution is -0.144. The van der Waals surface area contributed by atoms with Crippen LogP contribution >= 0.6 is 0 Å². The normalized spacial score (nSPS) is 13.9. The Morgan fingerprint density at radius 2 is 2.09 bits per heavy atom. The van der Waals surface area contributed by atoms with Gasteiger partial charge in [0.15, 0.2) is 11.5 Å². The summed E-state index contributed by atoms with van der Waals surface area (Å²) in [6.45, 7) is 1.89. The predicted molar refractivity (Wildman–Crippen MR) is 77.7 cm³/mol. The number of rotatable bonds is 4. The summed E-state index contributed by atoms with van der Waals surface area (Å²) in [5.41, 5.74) is 0.866. The van der Waals surface area contributed by atoms with Crippen molar-refractivity contribution in [3.63, 3.8) is 0 Å². The number of nitrogens with one attached hydrogen (secondary N) is 1. The highest BCUT2D eigenvalue weighted by Gasteiger charge is 2.18. The second kappa shape index (κ2) is 5.59. The molecule has 1 aliphatic rings. The van der Waals surface area contributed by atoms with E-state index in [9.17, 15) is 9.59 Å². The van der Waals surface area contributed by atoms with E-state index in [1.807, 2.05) is 24.4 Å². The van der Waals surface area contributed by atoms with Crippen molar-refractivity contribution < 1.29 is 23.8 Å². The summed E-state index contributed by atoms with van der Waals surface area (Å²) in [7, 11) is 1.28. The number of fused-ring (bicyclic) bond motifs is 2. The Labute approximate surface area is 126 Å². The molecule has 0 radical (unpaired) electrons. The van der Waals surface area contributed by atoms with Gasteiger partial charge >= 0.3 is 5.97 Å². The van der Waals surface area contributed by atoms with Crippen LogP contribution in [-0.4, -0.2) is 36.4 Å². The van der Waals surface area contributed by atoms with Crippen molar-refractivity contribution in [2.75, 3.05) is 13.9 Å². The number of aromatic nitrogens is 1. The molecule has 7 nitrogen and oxygen atoms in total. The first-order chi connectivity index (χ1) is 10.6. The number of esters is 1. The molecule has 116 valence electrons. The minimum Gasteiger partial charge on any atom is -0.467 e. The number of carbonyl (C=O) groups is 2. The number of hydrogen-bond donors (Lipinski definition) is 1. The highest BCUT2D eigenvalue weighted by molar-refractivity contribution is 5.88. The Bertz CT molecular complexity index is 737. The predicted octanol–water partition coefficient (Wildman–Crippen LogP) is 1.05. The van der Waals surface area contributed by atoms with E-state index in [-0.39, 0.29) is 19.2 Å². The molecule has 1 unspecified atom stereocenters. The maximum atomic E-state index is 12.0. The summed E-state index contributed by atoms with van der Waals surface area (Å²) in [6.07, 6.45) is 1.81. The van der Waals surface area contributed by atoms with E-state index < -0.39 is 12.0 Å². The molecular weight excluding hydrogens is 288 g/mol. The van der Waals surface area contributed by atoms with Crippen molar-refractivity contribution in [1.82, 2.24) is 9.88 Å². The van der Waals surface area contributed by atoms with Gasteiger partial charge in [0.05, 0.1) is 12.6 Å². The fourth-order valence-electron chi connectivity index (χ4n) is 2.40. The van der Waals surface area contributed by atoms with E-state index in [2.05, 4.69) is 10.1 Å². The third-order valence-electron chi connectivity index (χ3n) is 3.51. The van der Waals surface area contributed by atoms with Crippen molar-refractivity contribution in [2.24, 2.45) is 0 Å². The lowest BCUT2D eigenvalue weighted by Gasteiger charge is -2.12. The van der Waals surface area contributed by atoms with Crippen LogP contribution in [0, 0.1) is 0 Å². The third kappa shape index (κ3) is 2.57. The number of carbonyl (C=O) groups excluding carboxylic acids is 2. The molecule has 0 saturated heterocycles. The zero-order valence-corrected chi connectivity index (χ0v) is 12.3. The molecule has 1 amide bonds. The van der Waals surface area contributed by atoms with Gasteiger partial charge in [0, 0.05) is 17.6 Å². The van der Waals surface area contributed by atoms with Crippen LogP contribution in [0.5, 0.6) is 11.5 Å². The lowest BCUT2D eigenvalue weighted by Crippen LogP contribution is -2.40. The third-order valence-corrected chi connectivity index (χ3v) is 3.51. The van der Waals surface area contributed by atoms with Gasteiger partial charge in [-0.15, -0.1) is 0 Å². The Hall–Kier alpha value is -2.70. The van der Waals surface area contributed by atoms with E-state index in [1.54, 1.807) is 11.5 Å². The summed E-state index contributed by atoms with van der Waals surface area (Å²) in [5.74, 6) is 0.618. The molecule has 1 atom stereocenters. The zero-order valence-electron chi connectivity index (χ0n) is 12.3. The second-order valence-corrected chi connectivity index (χ2v) is 5.02. The molecule has 1 N–H and O–H groups in total. The van der Waals surface area contributed by atoms with Crippen LogP contribution < -0.4 is 14.8 Å². The lowest BCUT2D eigenvalue weighted by atomic mass is 10.2. The van der Waals surface area contributed by atoms with E-state index in [4.69, 9.17) is 9.47 Å². The van der Waals surface area contributed by atoms with Crippen molar-refractivity contribution in [3.8, 4) is 11.5 Å². The SMILES string of the molecule is COC(=O)C(C)NC(=O)Cn1ccc2cc3c(cc21)OCO3. The van der Waals surface area contributed by atoms with E-state index in [0.29, 0.717) is 11.5 Å². The van der Waals surface area contributed by atoms with Crippen molar-refractivity contribution in [3.05, 3.63) is 24.4 Å². The minimum absolute atomic E-state index is 0.102. The first kappa shape index (κ1) is 14.2. The molecule has 0 bridgehead atoms. The Morgan fingerprint density at radius 3 is 2.82 bits per heavy atom. The average Bonchev–Trinajstić information content (AvgIpc) is 3.10. The van der Waals surface area contributed by atoms with Gasteiger partial charge in [-0.2, -0.15) is 0 Å². The fraction of sp³-hybridized carbons (Fsp3) is 0.333. The Kier molecular flexibility index (Phi) is 3.62. The van der Waals surface area contributed by atoms with E-state index >= 15 is 0 Å². The molecule has 0 aliphatic carbocycles. The molecule has 7 heteroatoms. The number of benzene rings is 1. The molecule has 0 spiro atoms. The van der Waals surface area contributed by atoms with E-state index in [1.165, 1.54) is 7.11 Å². The molecule has 2 heterocycles. The smallest absolute Gasteiger partial charge is 0.328 e. The molecule has 3 rings (SSSR count). The monoisotopic (exact) mass is 304 g/mol. The van der Waals surface area contributed by atoms with Crippen LogP contribution in [0.15, 0.2) is 24.4 Å². The van der Waals surface area contributed by atoms with Crippen molar-refractivity contribution in [1.29, 1.82) is 0 Å². The first-order valence-corrected chi connectivity index (χ1v) is 6.84. The summed E-state index contributed by atoms with van der Waals surface area (Å²) in [6, 6.07) is 4.94. The maximum Gasteiger partial charge on any atom is 0.328 e. The van der Waals surface area contributed by atoms with Gasteiger partial charge < -0.3 is 24.1 Å². The quantitative estimate of drug-likeness (QED) is 0.854. The van der Waals surface area contributed by atoms with Gasteiger partial charge in [-0.25, -0.2) is 4.79 Å². The molecule has 22 heavy (non-hydrogen) atoms. The molecular formula is C15H16N2O5. The summed E-state index contributed by atoms with van der Waals surface area (Å²) < 4.78 is 17.0. The molecule has 2 aromatic rings. The van der Waals surface area contributed by atoms with Crippen LogP contribution in [0.3, 0.4) is 0 Å². The standard InChI is InChI=1S/C15H16N2O5/c1-9(15(19)20-2)16-14(18)7-17-4-3-10-5-12-13(6-11(10)17)22-8-21-12/h3-6,9H,7-8H2,1-2H3,(H,16,18). The number of amides is 1. The van der Waals surface area contributed by atoms with Crippen LogP contribution in [-0.2, 0) is 20.9 Å². The van der Waals surface area contributed by atoms with Gasteiger partial charge in [-0.05, 0) is 19.1 Å². The number of hydrogen-bond acceptors (Lipinski definition) is 5. The summed E-state index contributed by atoms with van der Waals surface area (Å²) in [4.78, 5) is 23.3. The maximum absolute atomic E-state index is 12.0. The molecule has 1 aliphatic heterocycles. The van der Waals surface area contributed by atoms with Gasteiger partial charge in [0.2, 0.25) is 12.7 Å². The topological polar surface area (TPSA) is 78.8 Å². The number of methoxy groups -OCH3 is 1. The second-order valence-electron chi connectivity index (χ2n) is 5.02. The number of ether oxygens (including phenoxy) is 3. The first-order valence-electron chi connectivity index (χ1n) is 6.84. The summed E-state index contributed by atoms with van der Waals surface area (Å²) in [5, 5.41) is 3.55. The van der Waals surface area contributed by atoms with Crippen LogP contribution in [0.4, 0.5) is 0 Å². The van der Waals surface area contributed by atoms with Crippen molar-refractivity contribution in [2.45, 2.75) is 19.5 Å². The van der Waals surface area contributed by atoms with Gasteiger partial charge in [-0.1, -0.05) is 0 Å². The Balaban J connectivity index is 1.77. The summed E-state index contributed by atoms with van der Waals surface area (Å²) >= 11 is 0. The van der Waals surface area contributed by atoms with Crippen LogP contribution in [0.1, 0.15) is 6.92 Å². The highest BCUT2D eigenvalue weighted by atomic mass is 16.7. The molecule has 1 aromatic carbocycles. The van der Waals surface area contributed by atoms with Crippen LogP contribution in [0.25, 0.3) is 10.9 Å². The zero-order chi connectivity index (χ0) is 15.7. The minimum atomic E-state index is -0.680. The molecule has 1 aromatic heterocycles. The van der Waals surface area contributed by atoms with Gasteiger partial charge in [-0.3, -0.25) is 4.79 Å². The molecule has 0 saturated carbocycles. The van der Waals surface area contributed by atoms with Gasteiger partial charge in [0.1, 0.15) is 12.6 Å². The van der Waals surface area contributed by atoms with Gasteiger partial charge in [0.25, 0.3) is 0 Å².